The van der Waals surface area contributed by atoms with Crippen molar-refractivity contribution in [3.63, 3.8) is 0 Å². The van der Waals surface area contributed by atoms with Crippen LogP contribution in [0.1, 0.15) is 35.6 Å². The third kappa shape index (κ3) is 5.40. The Kier molecular flexibility index (Phi) is 6.92. The Morgan fingerprint density at radius 3 is 2.00 bits per heavy atom. The predicted octanol–water partition coefficient (Wildman–Crippen LogP) is 4.77. The van der Waals surface area contributed by atoms with Crippen LogP contribution in [0.3, 0.4) is 0 Å². The number of aliphatic carboxylic acids is 1. The lowest BCUT2D eigenvalue weighted by atomic mass is 9.89. The molecule has 0 saturated carbocycles. The summed E-state index contributed by atoms with van der Waals surface area (Å²) in [6, 6.07) is 29.5. The van der Waals surface area contributed by atoms with Crippen molar-refractivity contribution in [3.05, 3.63) is 114 Å². The van der Waals surface area contributed by atoms with Crippen molar-refractivity contribution in [2.24, 2.45) is 0 Å². The molecule has 0 amide bonds. The lowest BCUT2D eigenvalue weighted by molar-refractivity contribution is -0.145. The van der Waals surface area contributed by atoms with E-state index in [9.17, 15) is 9.90 Å². The zero-order chi connectivity index (χ0) is 22.2. The molecule has 0 spiro atoms. The van der Waals surface area contributed by atoms with Gasteiger partial charge in [0.1, 0.15) is 5.75 Å². The Bertz CT molecular complexity index is 1080. The molecule has 0 aliphatic carbocycles. The zero-order valence-electron chi connectivity index (χ0n) is 17.6. The fourth-order valence-electron chi connectivity index (χ4n) is 3.71. The van der Waals surface area contributed by atoms with Gasteiger partial charge in [-0.1, -0.05) is 84.1 Å². The summed E-state index contributed by atoms with van der Waals surface area (Å²) in [5.74, 6) is -0.433. The third-order valence-corrected chi connectivity index (χ3v) is 5.27. The minimum absolute atomic E-state index is 0.0145. The lowest BCUT2D eigenvalue weighted by Crippen LogP contribution is -2.27. The van der Waals surface area contributed by atoms with Gasteiger partial charge in [-0.2, -0.15) is 0 Å². The monoisotopic (exact) mass is 427 g/mol. The van der Waals surface area contributed by atoms with E-state index in [2.05, 4.69) is 34.6 Å². The number of carboxylic acid groups (broad SMARTS) is 1. The number of benzene rings is 3. The third-order valence-electron chi connectivity index (χ3n) is 5.27. The number of aryl methyl sites for hydroxylation is 1. The molecule has 0 aliphatic heterocycles. The summed E-state index contributed by atoms with van der Waals surface area (Å²) in [5, 5.41) is 18.2. The topological polar surface area (TPSA) is 77.2 Å². The number of nitrogens with zero attached hydrogens (tertiary/aromatic N) is 3. The molecule has 0 radical (unpaired) electrons. The fraction of sp³-hybridized carbons (Fsp3) is 0.192. The van der Waals surface area contributed by atoms with E-state index in [1.54, 1.807) is 16.8 Å². The van der Waals surface area contributed by atoms with Gasteiger partial charge in [0.15, 0.2) is 6.10 Å². The van der Waals surface area contributed by atoms with Gasteiger partial charge in [-0.05, 0) is 36.1 Å². The minimum atomic E-state index is -0.971. The summed E-state index contributed by atoms with van der Waals surface area (Å²) < 4.78 is 7.40. The van der Waals surface area contributed by atoms with Gasteiger partial charge in [0.2, 0.25) is 0 Å². The molecule has 0 aliphatic rings. The summed E-state index contributed by atoms with van der Waals surface area (Å²) in [4.78, 5) is 11.6. The quantitative estimate of drug-likeness (QED) is 0.394. The second-order valence-electron chi connectivity index (χ2n) is 7.56. The molecule has 4 rings (SSSR count). The first-order valence-corrected chi connectivity index (χ1v) is 10.6. The highest BCUT2D eigenvalue weighted by atomic mass is 16.5. The normalized spacial score (nSPS) is 11.9. The van der Waals surface area contributed by atoms with Crippen molar-refractivity contribution in [2.75, 3.05) is 0 Å². The molecule has 6 nitrogen and oxygen atoms in total. The molecule has 6 heteroatoms. The molecule has 1 N–H and O–H groups in total. The van der Waals surface area contributed by atoms with Crippen molar-refractivity contribution in [1.29, 1.82) is 0 Å². The first-order valence-electron chi connectivity index (χ1n) is 10.6. The maximum absolute atomic E-state index is 11.6. The number of carboxylic acids is 1. The van der Waals surface area contributed by atoms with Crippen LogP contribution in [0.5, 0.6) is 5.75 Å². The van der Waals surface area contributed by atoms with Crippen molar-refractivity contribution in [2.45, 2.75) is 31.4 Å². The van der Waals surface area contributed by atoms with Crippen LogP contribution >= 0.6 is 0 Å². The number of rotatable bonds is 10. The molecule has 162 valence electrons. The van der Waals surface area contributed by atoms with E-state index >= 15 is 0 Å². The van der Waals surface area contributed by atoms with E-state index in [1.165, 1.54) is 0 Å². The molecular weight excluding hydrogens is 402 g/mol. The first kappa shape index (κ1) is 21.3. The molecule has 1 atom stereocenters. The maximum atomic E-state index is 11.6. The standard InChI is InChI=1S/C26H25N3O3/c30-26(31)24(32-22-15-8-3-9-16-22)17-10-18-29-19-23(27-28-29)25(20-11-4-1-5-12-20)21-13-6-2-7-14-21/h1-9,11-16,19,24-25H,10,17-18H2,(H,30,31). The minimum Gasteiger partial charge on any atom is -0.479 e. The SMILES string of the molecule is O=C(O)C(CCCn1cc(C(c2ccccc2)c2ccccc2)nn1)Oc1ccccc1. The fourth-order valence-corrected chi connectivity index (χ4v) is 3.71. The molecular formula is C26H25N3O3. The van der Waals surface area contributed by atoms with E-state index in [1.807, 2.05) is 60.8 Å². The molecule has 32 heavy (non-hydrogen) atoms. The van der Waals surface area contributed by atoms with E-state index in [4.69, 9.17) is 4.74 Å². The van der Waals surface area contributed by atoms with Gasteiger partial charge in [0.25, 0.3) is 0 Å². The molecule has 1 aromatic heterocycles. The Morgan fingerprint density at radius 1 is 0.875 bits per heavy atom. The van der Waals surface area contributed by atoms with E-state index in [0.717, 1.165) is 16.8 Å². The van der Waals surface area contributed by atoms with Gasteiger partial charge in [-0.3, -0.25) is 4.68 Å². The summed E-state index contributed by atoms with van der Waals surface area (Å²) in [5.41, 5.74) is 3.15. The van der Waals surface area contributed by atoms with Crippen molar-refractivity contribution < 1.29 is 14.6 Å². The van der Waals surface area contributed by atoms with E-state index in [0.29, 0.717) is 25.1 Å². The smallest absolute Gasteiger partial charge is 0.344 e. The van der Waals surface area contributed by atoms with Crippen molar-refractivity contribution >= 4 is 5.97 Å². The number of para-hydroxylation sites is 1. The Labute approximate surface area is 187 Å². The highest BCUT2D eigenvalue weighted by Crippen LogP contribution is 2.30. The summed E-state index contributed by atoms with van der Waals surface area (Å²) in [6.45, 7) is 0.561. The number of carbonyl (C=O) groups is 1. The van der Waals surface area contributed by atoms with Gasteiger partial charge in [-0.25, -0.2) is 4.79 Å². The molecule has 0 saturated heterocycles. The number of hydrogen-bond acceptors (Lipinski definition) is 4. The number of ether oxygens (including phenoxy) is 1. The number of aromatic nitrogens is 3. The second kappa shape index (κ2) is 10.4. The zero-order valence-corrected chi connectivity index (χ0v) is 17.6. The van der Waals surface area contributed by atoms with Crippen LogP contribution in [0, 0.1) is 0 Å². The summed E-state index contributed by atoms with van der Waals surface area (Å²) in [6.07, 6.45) is 2.02. The Morgan fingerprint density at radius 2 is 1.44 bits per heavy atom. The van der Waals surface area contributed by atoms with Gasteiger partial charge >= 0.3 is 5.97 Å². The van der Waals surface area contributed by atoms with Crippen molar-refractivity contribution in [3.8, 4) is 5.75 Å². The average Bonchev–Trinajstić information content (AvgIpc) is 3.29. The Balaban J connectivity index is 1.43. The highest BCUT2D eigenvalue weighted by Gasteiger charge is 2.21. The lowest BCUT2D eigenvalue weighted by Gasteiger charge is -2.15. The van der Waals surface area contributed by atoms with Crippen LogP contribution in [-0.2, 0) is 11.3 Å². The van der Waals surface area contributed by atoms with Crippen LogP contribution in [-0.4, -0.2) is 32.2 Å². The van der Waals surface area contributed by atoms with Crippen molar-refractivity contribution in [1.82, 2.24) is 15.0 Å². The highest BCUT2D eigenvalue weighted by molar-refractivity contribution is 5.72. The molecule has 1 heterocycles. The largest absolute Gasteiger partial charge is 0.479 e. The first-order chi connectivity index (χ1) is 15.7. The molecule has 1 unspecified atom stereocenters. The van der Waals surface area contributed by atoms with Crippen LogP contribution < -0.4 is 4.74 Å². The van der Waals surface area contributed by atoms with E-state index in [-0.39, 0.29) is 5.92 Å². The van der Waals surface area contributed by atoms with Gasteiger partial charge < -0.3 is 9.84 Å². The predicted molar refractivity (Wildman–Crippen MR) is 122 cm³/mol. The second-order valence-corrected chi connectivity index (χ2v) is 7.56. The van der Waals surface area contributed by atoms with Crippen LogP contribution in [0.2, 0.25) is 0 Å². The van der Waals surface area contributed by atoms with E-state index < -0.39 is 12.1 Å². The van der Waals surface area contributed by atoms with Gasteiger partial charge in [-0.15, -0.1) is 5.10 Å². The Hall–Kier alpha value is -3.93. The van der Waals surface area contributed by atoms with Crippen LogP contribution in [0.4, 0.5) is 0 Å². The van der Waals surface area contributed by atoms with Crippen LogP contribution in [0.25, 0.3) is 0 Å². The molecule has 0 fully saturated rings. The molecule has 3 aromatic carbocycles. The maximum Gasteiger partial charge on any atom is 0.344 e. The molecule has 0 bridgehead atoms. The van der Waals surface area contributed by atoms with Gasteiger partial charge in [0, 0.05) is 12.7 Å². The summed E-state index contributed by atoms with van der Waals surface area (Å²) >= 11 is 0. The summed E-state index contributed by atoms with van der Waals surface area (Å²) in [7, 11) is 0. The molecule has 4 aromatic rings. The van der Waals surface area contributed by atoms with Crippen LogP contribution in [0.15, 0.2) is 97.2 Å². The average molecular weight is 428 g/mol. The number of hydrogen-bond donors (Lipinski definition) is 1. The van der Waals surface area contributed by atoms with Gasteiger partial charge in [0.05, 0.1) is 11.6 Å².